The van der Waals surface area contributed by atoms with E-state index >= 15 is 0 Å². The van der Waals surface area contributed by atoms with Gasteiger partial charge in [-0.2, -0.15) is 4.31 Å². The molecule has 190 valence electrons. The van der Waals surface area contributed by atoms with E-state index in [0.717, 1.165) is 27.8 Å². The zero-order valence-corrected chi connectivity index (χ0v) is 22.2. The minimum absolute atomic E-state index is 0.0733. The number of carbonyl (C=O) groups is 2. The van der Waals surface area contributed by atoms with Crippen LogP contribution >= 0.6 is 22.9 Å². The average molecular weight is 548 g/mol. The van der Waals surface area contributed by atoms with Crippen molar-refractivity contribution in [2.45, 2.75) is 36.9 Å². The van der Waals surface area contributed by atoms with Crippen molar-refractivity contribution in [1.82, 2.24) is 24.8 Å². The molecule has 2 atom stereocenters. The number of aromatic nitrogens is 1. The summed E-state index contributed by atoms with van der Waals surface area (Å²) in [5.74, 6) is -0.775. The highest BCUT2D eigenvalue weighted by Crippen LogP contribution is 2.28. The van der Waals surface area contributed by atoms with E-state index in [9.17, 15) is 18.0 Å². The summed E-state index contributed by atoms with van der Waals surface area (Å²) >= 11 is 7.37. The molecule has 0 aliphatic carbocycles. The molecule has 0 bridgehead atoms. The smallest absolute Gasteiger partial charge is 0.283 e. The number of hydrogen-bond acceptors (Lipinski definition) is 7. The Kier molecular flexibility index (Phi) is 6.77. The number of piperazine rings is 1. The Morgan fingerprint density at radius 3 is 2.69 bits per heavy atom. The number of fused-ring (bicyclic) bond motifs is 2. The largest absolute Gasteiger partial charge is 0.357 e. The van der Waals surface area contributed by atoms with Crippen molar-refractivity contribution in [1.29, 1.82) is 0 Å². The molecule has 2 amide bonds. The molecule has 5 rings (SSSR count). The third-order valence-corrected chi connectivity index (χ3v) is 9.82. The third kappa shape index (κ3) is 4.61. The Balaban J connectivity index is 1.40. The Hall–Kier alpha value is -2.57. The second-order valence-corrected chi connectivity index (χ2v) is 12.5. The first-order valence-electron chi connectivity index (χ1n) is 11.6. The molecule has 0 spiro atoms. The molecule has 1 aromatic heterocycles. The van der Waals surface area contributed by atoms with E-state index in [1.54, 1.807) is 30.3 Å². The van der Waals surface area contributed by atoms with Gasteiger partial charge in [0, 0.05) is 55.6 Å². The van der Waals surface area contributed by atoms with Crippen molar-refractivity contribution in [3.05, 3.63) is 57.0 Å². The van der Waals surface area contributed by atoms with Crippen LogP contribution < -0.4 is 10.6 Å². The van der Waals surface area contributed by atoms with Crippen molar-refractivity contribution in [2.24, 2.45) is 0 Å². The van der Waals surface area contributed by atoms with E-state index in [1.165, 1.54) is 33.7 Å². The van der Waals surface area contributed by atoms with Gasteiger partial charge in [0.1, 0.15) is 6.04 Å². The normalized spacial score (nSPS) is 20.8. The molecule has 2 aliphatic rings. The van der Waals surface area contributed by atoms with Crippen LogP contribution in [0.1, 0.15) is 27.3 Å². The number of hydrogen-bond donors (Lipinski definition) is 2. The van der Waals surface area contributed by atoms with Gasteiger partial charge in [-0.15, -0.1) is 11.3 Å². The number of halogens is 1. The van der Waals surface area contributed by atoms with E-state index in [1.807, 2.05) is 0 Å². The molecule has 1 fully saturated rings. The van der Waals surface area contributed by atoms with Gasteiger partial charge < -0.3 is 15.5 Å². The van der Waals surface area contributed by atoms with Crippen LogP contribution in [0.5, 0.6) is 0 Å². The number of nitrogens with one attached hydrogen (secondary N) is 2. The number of nitrogens with zero attached hydrogens (tertiary/aromatic N) is 3. The van der Waals surface area contributed by atoms with Crippen LogP contribution in [0.3, 0.4) is 0 Å². The molecule has 36 heavy (non-hydrogen) atoms. The summed E-state index contributed by atoms with van der Waals surface area (Å²) in [5.41, 5.74) is 0.907. The molecule has 3 heterocycles. The molecular formula is C24H26ClN5O4S2. The lowest BCUT2D eigenvalue weighted by atomic mass is 10.1. The second kappa shape index (κ2) is 9.71. The fourth-order valence-electron chi connectivity index (χ4n) is 4.64. The summed E-state index contributed by atoms with van der Waals surface area (Å²) in [4.78, 5) is 33.4. The fourth-order valence-corrected chi connectivity index (χ4v) is 7.29. The highest BCUT2D eigenvalue weighted by molar-refractivity contribution is 7.89. The maximum Gasteiger partial charge on any atom is 0.283 e. The van der Waals surface area contributed by atoms with Crippen LogP contribution in [-0.2, 0) is 27.8 Å². The summed E-state index contributed by atoms with van der Waals surface area (Å²) in [7, 11) is -2.43. The first-order chi connectivity index (χ1) is 17.2. The molecule has 0 saturated carbocycles. The first kappa shape index (κ1) is 25.1. The predicted octanol–water partition coefficient (Wildman–Crippen LogP) is 2.25. The van der Waals surface area contributed by atoms with Gasteiger partial charge in [0.2, 0.25) is 15.9 Å². The highest BCUT2D eigenvalue weighted by Gasteiger charge is 2.41. The molecule has 2 aliphatic heterocycles. The standard InChI is InChI=1S/C24H26ClN5O4S2/c1-14-9-19-21(12-27-14)35-23(28-19)24(32)30-8-7-29(13-20(30)22(31)26-2)36(33,34)18-6-4-15-10-17(25)5-3-16(15)11-18/h3-6,10-11,14,20,27H,7-9,12-13H2,1-2H3,(H,26,31). The Morgan fingerprint density at radius 1 is 1.17 bits per heavy atom. The molecule has 2 N–H and O–H groups in total. The molecule has 2 aromatic carbocycles. The number of thiazole rings is 1. The number of carbonyl (C=O) groups excluding carboxylic acids is 2. The lowest BCUT2D eigenvalue weighted by Crippen LogP contribution is -2.61. The molecular weight excluding hydrogens is 522 g/mol. The van der Waals surface area contributed by atoms with Crippen molar-refractivity contribution in [2.75, 3.05) is 26.7 Å². The zero-order valence-electron chi connectivity index (χ0n) is 19.8. The van der Waals surface area contributed by atoms with E-state index in [2.05, 4.69) is 22.5 Å². The Labute approximate surface area is 218 Å². The summed E-state index contributed by atoms with van der Waals surface area (Å²) in [6.07, 6.45) is 0.738. The van der Waals surface area contributed by atoms with Crippen molar-refractivity contribution in [3.63, 3.8) is 0 Å². The summed E-state index contributed by atoms with van der Waals surface area (Å²) in [6, 6.07) is 9.41. The highest BCUT2D eigenvalue weighted by atomic mass is 35.5. The van der Waals surface area contributed by atoms with Gasteiger partial charge in [-0.25, -0.2) is 13.4 Å². The number of amides is 2. The quantitative estimate of drug-likeness (QED) is 0.518. The zero-order chi connectivity index (χ0) is 25.6. The van der Waals surface area contributed by atoms with Crippen LogP contribution in [0.4, 0.5) is 0 Å². The Bertz CT molecular complexity index is 1460. The second-order valence-electron chi connectivity index (χ2n) is 9.02. The van der Waals surface area contributed by atoms with Gasteiger partial charge in [0.05, 0.1) is 10.6 Å². The third-order valence-electron chi connectivity index (χ3n) is 6.64. The summed E-state index contributed by atoms with van der Waals surface area (Å²) in [5, 5.41) is 8.40. The number of benzene rings is 2. The van der Waals surface area contributed by atoms with Crippen molar-refractivity contribution >= 4 is 55.5 Å². The van der Waals surface area contributed by atoms with Gasteiger partial charge in [-0.3, -0.25) is 9.59 Å². The summed E-state index contributed by atoms with van der Waals surface area (Å²) < 4.78 is 28.3. The van der Waals surface area contributed by atoms with E-state index in [0.29, 0.717) is 16.6 Å². The molecule has 2 unspecified atom stereocenters. The van der Waals surface area contributed by atoms with Crippen molar-refractivity contribution in [3.8, 4) is 0 Å². The van der Waals surface area contributed by atoms with Gasteiger partial charge in [0.25, 0.3) is 5.91 Å². The van der Waals surface area contributed by atoms with Crippen LogP contribution in [0, 0.1) is 0 Å². The Morgan fingerprint density at radius 2 is 1.92 bits per heavy atom. The molecule has 12 heteroatoms. The first-order valence-corrected chi connectivity index (χ1v) is 14.2. The fraction of sp³-hybridized carbons (Fsp3) is 0.375. The molecule has 0 radical (unpaired) electrons. The number of sulfonamides is 1. The van der Waals surface area contributed by atoms with E-state index in [-0.39, 0.29) is 36.5 Å². The number of rotatable bonds is 4. The topological polar surface area (TPSA) is 112 Å². The van der Waals surface area contributed by atoms with Gasteiger partial charge in [0.15, 0.2) is 5.01 Å². The average Bonchev–Trinajstić information content (AvgIpc) is 3.30. The molecule has 1 saturated heterocycles. The lowest BCUT2D eigenvalue weighted by Gasteiger charge is -2.39. The van der Waals surface area contributed by atoms with Gasteiger partial charge in [-0.05, 0) is 42.0 Å². The molecule has 9 nitrogen and oxygen atoms in total. The SMILES string of the molecule is CNC(=O)C1CN(S(=O)(=O)c2ccc3cc(Cl)ccc3c2)CCN1C(=O)c1nc2c(s1)CNC(C)C2. The minimum Gasteiger partial charge on any atom is -0.357 e. The van der Waals surface area contributed by atoms with Gasteiger partial charge >= 0.3 is 0 Å². The van der Waals surface area contributed by atoms with Crippen LogP contribution in [-0.4, -0.2) is 73.2 Å². The molecule has 3 aromatic rings. The van der Waals surface area contributed by atoms with Gasteiger partial charge in [-0.1, -0.05) is 23.7 Å². The van der Waals surface area contributed by atoms with E-state index in [4.69, 9.17) is 11.6 Å². The van der Waals surface area contributed by atoms with Crippen LogP contribution in [0.2, 0.25) is 5.02 Å². The van der Waals surface area contributed by atoms with E-state index < -0.39 is 22.0 Å². The minimum atomic E-state index is -3.90. The monoisotopic (exact) mass is 547 g/mol. The van der Waals surface area contributed by atoms with Crippen LogP contribution in [0.25, 0.3) is 10.8 Å². The maximum atomic E-state index is 13.5. The summed E-state index contributed by atoms with van der Waals surface area (Å²) in [6.45, 7) is 2.73. The van der Waals surface area contributed by atoms with Crippen molar-refractivity contribution < 1.29 is 18.0 Å². The predicted molar refractivity (Wildman–Crippen MR) is 139 cm³/mol. The lowest BCUT2D eigenvalue weighted by molar-refractivity contribution is -0.126. The number of likely N-dealkylation sites (N-methyl/N-ethyl adjacent to an activating group) is 1. The van der Waals surface area contributed by atoms with Crippen LogP contribution in [0.15, 0.2) is 41.3 Å². The maximum absolute atomic E-state index is 13.5.